The van der Waals surface area contributed by atoms with Crippen LogP contribution in [0.25, 0.3) is 10.9 Å². The standard InChI is InChI=1S/C21H24N4O3/c1-21(2,25(3)19(27)14-6-9-22-10-7-14)20(28)23-11-8-16-12-15-13-17(26)4-5-18(15)24-16/h4-7,9-10,12-13,24,26H,8,11H2,1-3H3,(H,23,28). The number of phenolic OH excluding ortho intramolecular Hbond substituents is 1. The lowest BCUT2D eigenvalue weighted by molar-refractivity contribution is -0.129. The number of hydrogen-bond donors (Lipinski definition) is 3. The van der Waals surface area contributed by atoms with Crippen molar-refractivity contribution < 1.29 is 14.7 Å². The molecule has 3 N–H and O–H groups in total. The fourth-order valence-corrected chi connectivity index (χ4v) is 2.94. The normalized spacial score (nSPS) is 11.4. The van der Waals surface area contributed by atoms with Crippen molar-refractivity contribution in [3.05, 3.63) is 60.0 Å². The Morgan fingerprint density at radius 1 is 1.18 bits per heavy atom. The predicted octanol–water partition coefficient (Wildman–Crippen LogP) is 2.48. The summed E-state index contributed by atoms with van der Waals surface area (Å²) in [6, 6.07) is 10.3. The molecule has 0 saturated heterocycles. The first kappa shape index (κ1) is 19.4. The average molecular weight is 380 g/mol. The molecule has 0 radical (unpaired) electrons. The van der Waals surface area contributed by atoms with E-state index in [0.717, 1.165) is 16.6 Å². The number of aromatic amines is 1. The van der Waals surface area contributed by atoms with Gasteiger partial charge in [-0.2, -0.15) is 0 Å². The molecule has 0 spiro atoms. The van der Waals surface area contributed by atoms with E-state index in [0.29, 0.717) is 18.5 Å². The van der Waals surface area contributed by atoms with Crippen LogP contribution >= 0.6 is 0 Å². The molecule has 1 aromatic carbocycles. The number of hydrogen-bond acceptors (Lipinski definition) is 4. The molecule has 3 rings (SSSR count). The summed E-state index contributed by atoms with van der Waals surface area (Å²) in [5.74, 6) is -0.251. The monoisotopic (exact) mass is 380 g/mol. The van der Waals surface area contributed by atoms with E-state index in [1.807, 2.05) is 12.1 Å². The highest BCUT2D eigenvalue weighted by molar-refractivity contribution is 5.98. The van der Waals surface area contributed by atoms with Gasteiger partial charge in [0.1, 0.15) is 11.3 Å². The Morgan fingerprint density at radius 3 is 2.61 bits per heavy atom. The van der Waals surface area contributed by atoms with Crippen LogP contribution in [0.3, 0.4) is 0 Å². The Hall–Kier alpha value is -3.35. The molecule has 0 aliphatic carbocycles. The van der Waals surface area contributed by atoms with Gasteiger partial charge in [0, 0.05) is 54.6 Å². The Bertz CT molecular complexity index is 995. The zero-order valence-corrected chi connectivity index (χ0v) is 16.2. The average Bonchev–Trinajstić information content (AvgIpc) is 3.09. The third-order valence-corrected chi connectivity index (χ3v) is 4.97. The highest BCUT2D eigenvalue weighted by Gasteiger charge is 2.35. The van der Waals surface area contributed by atoms with Gasteiger partial charge in [-0.25, -0.2) is 0 Å². The van der Waals surface area contributed by atoms with Crippen LogP contribution in [-0.4, -0.2) is 50.9 Å². The minimum Gasteiger partial charge on any atom is -0.508 e. The van der Waals surface area contributed by atoms with Crippen LogP contribution in [0.2, 0.25) is 0 Å². The number of amides is 2. The molecule has 0 atom stereocenters. The number of H-pyrrole nitrogens is 1. The van der Waals surface area contributed by atoms with Gasteiger partial charge >= 0.3 is 0 Å². The van der Waals surface area contributed by atoms with Crippen LogP contribution in [0, 0.1) is 0 Å². The van der Waals surface area contributed by atoms with E-state index in [-0.39, 0.29) is 17.6 Å². The van der Waals surface area contributed by atoms with Crippen LogP contribution in [0.1, 0.15) is 29.9 Å². The minimum atomic E-state index is -1.01. The maximum Gasteiger partial charge on any atom is 0.254 e. The summed E-state index contributed by atoms with van der Waals surface area (Å²) in [7, 11) is 1.62. The van der Waals surface area contributed by atoms with Crippen molar-refractivity contribution in [1.29, 1.82) is 0 Å². The number of carbonyl (C=O) groups excluding carboxylic acids is 2. The topological polar surface area (TPSA) is 98.3 Å². The molecule has 146 valence electrons. The fraction of sp³-hybridized carbons (Fsp3) is 0.286. The van der Waals surface area contributed by atoms with Crippen LogP contribution in [0.15, 0.2) is 48.8 Å². The van der Waals surface area contributed by atoms with E-state index in [1.54, 1.807) is 57.6 Å². The molecule has 28 heavy (non-hydrogen) atoms. The van der Waals surface area contributed by atoms with Crippen LogP contribution < -0.4 is 5.32 Å². The molecule has 2 aromatic heterocycles. The maximum absolute atomic E-state index is 12.7. The zero-order chi connectivity index (χ0) is 20.3. The molecule has 0 aliphatic heterocycles. The largest absolute Gasteiger partial charge is 0.508 e. The smallest absolute Gasteiger partial charge is 0.254 e. The van der Waals surface area contributed by atoms with E-state index < -0.39 is 5.54 Å². The Balaban J connectivity index is 1.60. The third-order valence-electron chi connectivity index (χ3n) is 4.97. The number of rotatable bonds is 6. The first-order valence-corrected chi connectivity index (χ1v) is 9.06. The van der Waals surface area contributed by atoms with Gasteiger partial charge in [-0.1, -0.05) is 0 Å². The van der Waals surface area contributed by atoms with Crippen molar-refractivity contribution in [3.8, 4) is 5.75 Å². The van der Waals surface area contributed by atoms with Crippen LogP contribution in [0.4, 0.5) is 0 Å². The van der Waals surface area contributed by atoms with Gasteiger partial charge in [0.05, 0.1) is 0 Å². The molecule has 0 fully saturated rings. The summed E-state index contributed by atoms with van der Waals surface area (Å²) < 4.78 is 0. The second-order valence-electron chi connectivity index (χ2n) is 7.23. The van der Waals surface area contributed by atoms with E-state index in [2.05, 4.69) is 15.3 Å². The molecule has 0 aliphatic rings. The zero-order valence-electron chi connectivity index (χ0n) is 16.2. The molecule has 7 heteroatoms. The van der Waals surface area contributed by atoms with Crippen molar-refractivity contribution in [2.45, 2.75) is 25.8 Å². The van der Waals surface area contributed by atoms with Gasteiger partial charge in [-0.3, -0.25) is 14.6 Å². The summed E-state index contributed by atoms with van der Waals surface area (Å²) in [5, 5.41) is 13.4. The molecule has 0 unspecified atom stereocenters. The van der Waals surface area contributed by atoms with Gasteiger partial charge in [-0.05, 0) is 50.2 Å². The number of fused-ring (bicyclic) bond motifs is 1. The summed E-state index contributed by atoms with van der Waals surface area (Å²) in [5.41, 5.74) is 1.37. The van der Waals surface area contributed by atoms with Gasteiger partial charge in [0.25, 0.3) is 5.91 Å². The lowest BCUT2D eigenvalue weighted by atomic mass is 10.0. The predicted molar refractivity (Wildman–Crippen MR) is 107 cm³/mol. The number of phenols is 1. The van der Waals surface area contributed by atoms with Gasteiger partial charge in [0.2, 0.25) is 5.91 Å². The summed E-state index contributed by atoms with van der Waals surface area (Å²) in [6.07, 6.45) is 3.71. The molecule has 7 nitrogen and oxygen atoms in total. The third kappa shape index (κ3) is 3.98. The lowest BCUT2D eigenvalue weighted by Gasteiger charge is -2.34. The Kier molecular flexibility index (Phi) is 5.35. The minimum absolute atomic E-state index is 0.218. The van der Waals surface area contributed by atoms with Gasteiger partial charge in [-0.15, -0.1) is 0 Å². The summed E-state index contributed by atoms with van der Waals surface area (Å²) in [4.78, 5) is 33.9. The maximum atomic E-state index is 12.7. The highest BCUT2D eigenvalue weighted by atomic mass is 16.3. The number of likely N-dealkylation sites (N-methyl/N-ethyl adjacent to an activating group) is 1. The number of nitrogens with one attached hydrogen (secondary N) is 2. The molecule has 0 saturated carbocycles. The number of aromatic nitrogens is 2. The van der Waals surface area contributed by atoms with Crippen molar-refractivity contribution in [2.75, 3.05) is 13.6 Å². The lowest BCUT2D eigenvalue weighted by Crippen LogP contribution is -2.55. The molecular weight excluding hydrogens is 356 g/mol. The molecule has 3 aromatic rings. The van der Waals surface area contributed by atoms with Crippen molar-refractivity contribution >= 4 is 22.7 Å². The van der Waals surface area contributed by atoms with Gasteiger partial charge in [0.15, 0.2) is 0 Å². The molecule has 0 bridgehead atoms. The molecule has 2 amide bonds. The quantitative estimate of drug-likeness (QED) is 0.612. The van der Waals surface area contributed by atoms with E-state index in [1.165, 1.54) is 4.90 Å². The Labute approximate surface area is 163 Å². The van der Waals surface area contributed by atoms with Crippen LogP contribution in [-0.2, 0) is 11.2 Å². The summed E-state index contributed by atoms with van der Waals surface area (Å²) >= 11 is 0. The van der Waals surface area contributed by atoms with Crippen molar-refractivity contribution in [3.63, 3.8) is 0 Å². The first-order chi connectivity index (χ1) is 13.3. The molecule has 2 heterocycles. The SMILES string of the molecule is CN(C(=O)c1ccncc1)C(C)(C)C(=O)NCCc1cc2cc(O)ccc2[nH]1. The number of benzene rings is 1. The number of pyridine rings is 1. The first-order valence-electron chi connectivity index (χ1n) is 9.06. The highest BCUT2D eigenvalue weighted by Crippen LogP contribution is 2.21. The van der Waals surface area contributed by atoms with E-state index in [4.69, 9.17) is 0 Å². The van der Waals surface area contributed by atoms with Gasteiger partial charge < -0.3 is 20.3 Å². The van der Waals surface area contributed by atoms with Crippen LogP contribution in [0.5, 0.6) is 5.75 Å². The summed E-state index contributed by atoms with van der Waals surface area (Å²) in [6.45, 7) is 3.86. The van der Waals surface area contributed by atoms with Crippen molar-refractivity contribution in [1.82, 2.24) is 20.2 Å². The van der Waals surface area contributed by atoms with E-state index in [9.17, 15) is 14.7 Å². The fourth-order valence-electron chi connectivity index (χ4n) is 2.94. The second-order valence-corrected chi connectivity index (χ2v) is 7.23. The second kappa shape index (κ2) is 7.72. The number of carbonyl (C=O) groups is 2. The molecular formula is C21H24N4O3. The number of nitrogens with zero attached hydrogens (tertiary/aromatic N) is 2. The van der Waals surface area contributed by atoms with Crippen molar-refractivity contribution in [2.24, 2.45) is 0 Å². The number of aromatic hydroxyl groups is 1. The Morgan fingerprint density at radius 2 is 1.89 bits per heavy atom. The van der Waals surface area contributed by atoms with E-state index >= 15 is 0 Å².